The van der Waals surface area contributed by atoms with Gasteiger partial charge in [-0.25, -0.2) is 4.79 Å². The highest BCUT2D eigenvalue weighted by atomic mass is 16.5. The number of piperidine rings is 4. The Kier molecular flexibility index (Phi) is 3.07. The van der Waals surface area contributed by atoms with Crippen LogP contribution in [0, 0.1) is 5.92 Å². The van der Waals surface area contributed by atoms with E-state index in [-0.39, 0.29) is 18.0 Å². The van der Waals surface area contributed by atoms with Gasteiger partial charge in [-0.05, 0) is 18.9 Å². The molecule has 4 fully saturated rings. The number of nitrogens with one attached hydrogen (secondary N) is 1. The van der Waals surface area contributed by atoms with Crippen LogP contribution in [0.1, 0.15) is 36.0 Å². The number of Topliss-reactive ketones (excluding diaryl/α,β-unsaturated/α-hetero) is 1. The molecule has 5 atom stereocenters. The summed E-state index contributed by atoms with van der Waals surface area (Å²) >= 11 is 0. The van der Waals surface area contributed by atoms with Gasteiger partial charge in [-0.1, -0.05) is 18.2 Å². The first-order valence-electron chi connectivity index (χ1n) is 8.74. The Balaban J connectivity index is 1.33. The molecule has 24 heavy (non-hydrogen) atoms. The number of nitrogens with zero attached hydrogens (tertiary/aromatic N) is 1. The van der Waals surface area contributed by atoms with Crippen LogP contribution in [-0.2, 0) is 9.53 Å². The normalized spacial score (nSPS) is 34.5. The van der Waals surface area contributed by atoms with E-state index in [0.717, 1.165) is 36.6 Å². The van der Waals surface area contributed by atoms with Crippen LogP contribution < -0.4 is 0 Å². The first-order valence-corrected chi connectivity index (χ1v) is 8.74. The molecule has 4 bridgehead atoms. The van der Waals surface area contributed by atoms with E-state index in [1.54, 1.807) is 6.20 Å². The minimum atomic E-state index is -0.242. The van der Waals surface area contributed by atoms with Crippen LogP contribution in [0.25, 0.3) is 10.9 Å². The van der Waals surface area contributed by atoms with Gasteiger partial charge in [-0.2, -0.15) is 0 Å². The number of hydrogen-bond donors (Lipinski definition) is 1. The summed E-state index contributed by atoms with van der Waals surface area (Å²) in [4.78, 5) is 30.0. The van der Waals surface area contributed by atoms with E-state index in [0.29, 0.717) is 30.0 Å². The summed E-state index contributed by atoms with van der Waals surface area (Å²) in [5.41, 5.74) is 1.56. The lowest BCUT2D eigenvalue weighted by molar-refractivity contribution is -0.145. The molecule has 4 aliphatic heterocycles. The smallest absolute Gasteiger partial charge is 0.340 e. The number of aromatic amines is 1. The summed E-state index contributed by atoms with van der Waals surface area (Å²) in [6.07, 6.45) is 5.29. The van der Waals surface area contributed by atoms with E-state index >= 15 is 0 Å². The zero-order valence-corrected chi connectivity index (χ0v) is 13.4. The van der Waals surface area contributed by atoms with Crippen LogP contribution in [-0.4, -0.2) is 46.4 Å². The Labute approximate surface area is 140 Å². The number of rotatable bonds is 2. The minimum Gasteiger partial charge on any atom is -0.459 e. The summed E-state index contributed by atoms with van der Waals surface area (Å²) in [6, 6.07) is 8.58. The fourth-order valence-corrected chi connectivity index (χ4v) is 4.87. The summed E-state index contributed by atoms with van der Waals surface area (Å²) in [5.74, 6) is 0.403. The maximum Gasteiger partial charge on any atom is 0.340 e. The molecule has 0 radical (unpaired) electrons. The second-order valence-electron chi connectivity index (χ2n) is 7.36. The number of ketones is 1. The van der Waals surface area contributed by atoms with Crippen molar-refractivity contribution in [2.75, 3.05) is 6.54 Å². The van der Waals surface area contributed by atoms with E-state index < -0.39 is 0 Å². The second kappa shape index (κ2) is 5.18. The van der Waals surface area contributed by atoms with Crippen LogP contribution in [0.2, 0.25) is 0 Å². The molecule has 0 saturated carbocycles. The Morgan fingerprint density at radius 3 is 2.62 bits per heavy atom. The molecule has 4 aliphatic rings. The Bertz CT molecular complexity index is 811. The Morgan fingerprint density at radius 1 is 1.12 bits per heavy atom. The molecule has 4 unspecified atom stereocenters. The molecule has 5 heterocycles. The van der Waals surface area contributed by atoms with Gasteiger partial charge in [0.1, 0.15) is 11.9 Å². The molecule has 4 saturated heterocycles. The van der Waals surface area contributed by atoms with Gasteiger partial charge in [0, 0.05) is 47.9 Å². The summed E-state index contributed by atoms with van der Waals surface area (Å²) in [6.45, 7) is 0.600. The topological polar surface area (TPSA) is 62.4 Å². The molecule has 5 nitrogen and oxygen atoms in total. The maximum absolute atomic E-state index is 12.6. The van der Waals surface area contributed by atoms with Crippen molar-refractivity contribution in [3.05, 3.63) is 36.0 Å². The molecule has 0 amide bonds. The Morgan fingerprint density at radius 2 is 1.88 bits per heavy atom. The first kappa shape index (κ1) is 14.2. The minimum absolute atomic E-state index is 0.0356. The van der Waals surface area contributed by atoms with E-state index in [9.17, 15) is 9.59 Å². The number of para-hydroxylation sites is 1. The van der Waals surface area contributed by atoms with Crippen molar-refractivity contribution in [2.24, 2.45) is 5.92 Å². The fraction of sp³-hybridized carbons (Fsp3) is 0.474. The van der Waals surface area contributed by atoms with Crippen molar-refractivity contribution in [3.8, 4) is 0 Å². The van der Waals surface area contributed by atoms with Crippen molar-refractivity contribution in [3.63, 3.8) is 0 Å². The molecule has 1 aromatic heterocycles. The van der Waals surface area contributed by atoms with Gasteiger partial charge in [-0.15, -0.1) is 0 Å². The van der Waals surface area contributed by atoms with Crippen LogP contribution in [0.3, 0.4) is 0 Å². The monoisotopic (exact) mass is 324 g/mol. The molecule has 1 N–H and O–H groups in total. The molecule has 124 valence electrons. The van der Waals surface area contributed by atoms with E-state index in [4.69, 9.17) is 4.74 Å². The van der Waals surface area contributed by atoms with E-state index in [1.165, 1.54) is 0 Å². The van der Waals surface area contributed by atoms with E-state index in [1.807, 2.05) is 24.3 Å². The number of hydrogen-bond acceptors (Lipinski definition) is 4. The third-order valence-electron chi connectivity index (χ3n) is 6.00. The fourth-order valence-electron chi connectivity index (χ4n) is 4.87. The quantitative estimate of drug-likeness (QED) is 0.862. The number of fused-ring (bicyclic) bond motifs is 2. The van der Waals surface area contributed by atoms with Gasteiger partial charge in [0.25, 0.3) is 0 Å². The van der Waals surface area contributed by atoms with Gasteiger partial charge < -0.3 is 9.72 Å². The van der Waals surface area contributed by atoms with Gasteiger partial charge in [-0.3, -0.25) is 9.69 Å². The Hall–Kier alpha value is -2.14. The number of aromatic nitrogens is 1. The zero-order valence-electron chi connectivity index (χ0n) is 13.4. The largest absolute Gasteiger partial charge is 0.459 e. The van der Waals surface area contributed by atoms with Gasteiger partial charge in [0.05, 0.1) is 12.1 Å². The molecule has 6 rings (SSSR count). The molecule has 0 aliphatic carbocycles. The number of ether oxygens (including phenoxy) is 1. The molecule has 1 aromatic carbocycles. The van der Waals surface area contributed by atoms with Crippen molar-refractivity contribution < 1.29 is 14.3 Å². The van der Waals surface area contributed by atoms with Crippen molar-refractivity contribution in [1.29, 1.82) is 0 Å². The SMILES string of the molecule is O=C(OC1CC2CC3C[C@H](C1)N2CC3=O)c1c[nH]c2ccccc12. The highest BCUT2D eigenvalue weighted by molar-refractivity contribution is 6.04. The summed E-state index contributed by atoms with van der Waals surface area (Å²) in [7, 11) is 0. The van der Waals surface area contributed by atoms with Gasteiger partial charge in [0.2, 0.25) is 0 Å². The average molecular weight is 324 g/mol. The van der Waals surface area contributed by atoms with Gasteiger partial charge in [0.15, 0.2) is 0 Å². The molecule has 0 spiro atoms. The predicted octanol–water partition coefficient (Wildman–Crippen LogP) is 2.52. The second-order valence-corrected chi connectivity index (χ2v) is 7.36. The molecular weight excluding hydrogens is 304 g/mol. The molecular formula is C19H20N2O3. The lowest BCUT2D eigenvalue weighted by Gasteiger charge is -2.54. The van der Waals surface area contributed by atoms with Crippen LogP contribution in [0.15, 0.2) is 30.5 Å². The highest BCUT2D eigenvalue weighted by Gasteiger charge is 2.49. The number of carbonyl (C=O) groups excluding carboxylic acids is 2. The van der Waals surface area contributed by atoms with Crippen molar-refractivity contribution in [1.82, 2.24) is 9.88 Å². The van der Waals surface area contributed by atoms with Crippen LogP contribution in [0.5, 0.6) is 0 Å². The number of benzene rings is 1. The van der Waals surface area contributed by atoms with E-state index in [2.05, 4.69) is 9.88 Å². The third kappa shape index (κ3) is 2.11. The van der Waals surface area contributed by atoms with Gasteiger partial charge >= 0.3 is 5.97 Å². The zero-order chi connectivity index (χ0) is 16.3. The molecule has 5 heteroatoms. The van der Waals surface area contributed by atoms with Crippen LogP contribution >= 0.6 is 0 Å². The van der Waals surface area contributed by atoms with Crippen LogP contribution in [0.4, 0.5) is 0 Å². The molecule has 2 aromatic rings. The predicted molar refractivity (Wildman–Crippen MR) is 88.7 cm³/mol. The summed E-state index contributed by atoms with van der Waals surface area (Å²) in [5, 5.41) is 0.909. The highest BCUT2D eigenvalue weighted by Crippen LogP contribution is 2.42. The van der Waals surface area contributed by atoms with Crippen molar-refractivity contribution >= 4 is 22.7 Å². The number of carbonyl (C=O) groups is 2. The van der Waals surface area contributed by atoms with Crippen molar-refractivity contribution in [2.45, 2.75) is 43.9 Å². The summed E-state index contributed by atoms with van der Waals surface area (Å²) < 4.78 is 5.84. The lowest BCUT2D eigenvalue weighted by Crippen LogP contribution is -2.63. The standard InChI is InChI=1S/C19H20N2O3/c22-18-10-21-12-5-11(18)6-13(21)8-14(7-12)24-19(23)16-9-20-17-4-2-1-3-15(16)17/h1-4,9,11-14,20H,5-8,10H2/t11?,12-,13?,14?/m1/s1. The third-order valence-corrected chi connectivity index (χ3v) is 6.00. The lowest BCUT2D eigenvalue weighted by atomic mass is 9.72. The number of esters is 1. The average Bonchev–Trinajstić information content (AvgIpc) is 2.99. The first-order chi connectivity index (χ1) is 11.7. The number of H-pyrrole nitrogens is 1. The maximum atomic E-state index is 12.6.